The highest BCUT2D eigenvalue weighted by Crippen LogP contribution is 2.15. The summed E-state index contributed by atoms with van der Waals surface area (Å²) in [5.41, 5.74) is 1.31. The summed E-state index contributed by atoms with van der Waals surface area (Å²) in [5, 5.41) is 8.60. The van der Waals surface area contributed by atoms with Crippen LogP contribution in [0.3, 0.4) is 0 Å². The Labute approximate surface area is 130 Å². The minimum Gasteiger partial charge on any atom is -0.481 e. The van der Waals surface area contributed by atoms with E-state index in [4.69, 9.17) is 9.84 Å². The van der Waals surface area contributed by atoms with Crippen molar-refractivity contribution in [1.29, 1.82) is 0 Å². The number of benzene rings is 1. The molecule has 5 nitrogen and oxygen atoms in total. The maximum absolute atomic E-state index is 11.8. The molecule has 1 aliphatic rings. The third-order valence-corrected chi connectivity index (χ3v) is 3.86. The summed E-state index contributed by atoms with van der Waals surface area (Å²) in [6, 6.07) is 10.3. The van der Waals surface area contributed by atoms with Gasteiger partial charge >= 0.3 is 5.97 Å². The molecule has 1 atom stereocenters. The Morgan fingerprint density at radius 2 is 2.00 bits per heavy atom. The predicted octanol–water partition coefficient (Wildman–Crippen LogP) is 2.10. The van der Waals surface area contributed by atoms with E-state index in [2.05, 4.69) is 12.1 Å². The second-order valence-electron chi connectivity index (χ2n) is 5.60. The van der Waals surface area contributed by atoms with Crippen LogP contribution < -0.4 is 0 Å². The molecule has 1 fully saturated rings. The van der Waals surface area contributed by atoms with Crippen LogP contribution in [0.2, 0.25) is 0 Å². The number of amides is 1. The quantitative estimate of drug-likeness (QED) is 0.747. The van der Waals surface area contributed by atoms with Crippen molar-refractivity contribution in [3.05, 3.63) is 35.9 Å². The average Bonchev–Trinajstić information content (AvgIpc) is 2.99. The fourth-order valence-electron chi connectivity index (χ4n) is 2.63. The number of aryl methyl sites for hydroxylation is 1. The second-order valence-corrected chi connectivity index (χ2v) is 5.60. The molecule has 0 aliphatic carbocycles. The lowest BCUT2D eigenvalue weighted by Crippen LogP contribution is -2.30. The van der Waals surface area contributed by atoms with Crippen LogP contribution in [0.1, 0.15) is 31.2 Å². The zero-order chi connectivity index (χ0) is 15.8. The molecule has 0 spiro atoms. The highest BCUT2D eigenvalue weighted by Gasteiger charge is 2.26. The summed E-state index contributed by atoms with van der Waals surface area (Å²) in [6.45, 7) is 1.95. The average molecular weight is 305 g/mol. The maximum atomic E-state index is 11.8. The zero-order valence-corrected chi connectivity index (χ0v) is 12.7. The Balaban J connectivity index is 1.60. The summed E-state index contributed by atoms with van der Waals surface area (Å²) in [7, 11) is 0. The monoisotopic (exact) mass is 305 g/mol. The molecule has 120 valence electrons. The Hall–Kier alpha value is -1.88. The minimum atomic E-state index is -0.929. The number of aliphatic carboxylic acids is 1. The number of likely N-dealkylation sites (tertiary alicyclic amines) is 1. The van der Waals surface area contributed by atoms with Crippen molar-refractivity contribution >= 4 is 11.9 Å². The standard InChI is InChI=1S/C17H23NO4/c19-16(8-9-17(20)21)18-11-10-15(13-18)22-12-4-7-14-5-2-1-3-6-14/h1-3,5-6,15H,4,7-13H2,(H,20,21). The van der Waals surface area contributed by atoms with Gasteiger partial charge in [-0.05, 0) is 24.8 Å². The van der Waals surface area contributed by atoms with Gasteiger partial charge in [-0.3, -0.25) is 9.59 Å². The SMILES string of the molecule is O=C(O)CCC(=O)N1CCC(OCCCc2ccccc2)C1. The molecule has 1 amide bonds. The summed E-state index contributed by atoms with van der Waals surface area (Å²) in [5.74, 6) is -1.01. The van der Waals surface area contributed by atoms with E-state index < -0.39 is 5.97 Å². The van der Waals surface area contributed by atoms with E-state index >= 15 is 0 Å². The summed E-state index contributed by atoms with van der Waals surface area (Å²) in [4.78, 5) is 24.0. The van der Waals surface area contributed by atoms with Crippen LogP contribution in [0.25, 0.3) is 0 Å². The number of carbonyl (C=O) groups is 2. The third-order valence-electron chi connectivity index (χ3n) is 3.86. The number of rotatable bonds is 8. The molecule has 5 heteroatoms. The number of carbonyl (C=O) groups excluding carboxylic acids is 1. The molecule has 1 aromatic rings. The first kappa shape index (κ1) is 16.5. The van der Waals surface area contributed by atoms with Crippen LogP contribution in [-0.2, 0) is 20.7 Å². The van der Waals surface area contributed by atoms with Crippen LogP contribution in [0.5, 0.6) is 0 Å². The highest BCUT2D eigenvalue weighted by molar-refractivity contribution is 5.80. The molecule has 1 N–H and O–H groups in total. The Bertz CT molecular complexity index is 489. The molecule has 0 saturated carbocycles. The van der Waals surface area contributed by atoms with Gasteiger partial charge in [0.25, 0.3) is 0 Å². The molecule has 1 unspecified atom stereocenters. The normalized spacial score (nSPS) is 17.6. The first-order valence-electron chi connectivity index (χ1n) is 7.80. The molecule has 1 aliphatic heterocycles. The predicted molar refractivity (Wildman–Crippen MR) is 82.6 cm³/mol. The van der Waals surface area contributed by atoms with Gasteiger partial charge in [0.05, 0.1) is 12.5 Å². The van der Waals surface area contributed by atoms with Crippen molar-refractivity contribution in [1.82, 2.24) is 4.90 Å². The molecule has 1 aromatic carbocycles. The van der Waals surface area contributed by atoms with Crippen molar-refractivity contribution < 1.29 is 19.4 Å². The van der Waals surface area contributed by atoms with E-state index in [0.717, 1.165) is 19.3 Å². The third kappa shape index (κ3) is 5.48. The fourth-order valence-corrected chi connectivity index (χ4v) is 2.63. The summed E-state index contributed by atoms with van der Waals surface area (Å²) < 4.78 is 5.82. The van der Waals surface area contributed by atoms with Crippen molar-refractivity contribution in [3.8, 4) is 0 Å². The summed E-state index contributed by atoms with van der Waals surface area (Å²) in [6.07, 6.45) is 2.87. The van der Waals surface area contributed by atoms with Gasteiger partial charge in [0, 0.05) is 26.1 Å². The topological polar surface area (TPSA) is 66.8 Å². The van der Waals surface area contributed by atoms with E-state index in [1.54, 1.807) is 4.90 Å². The van der Waals surface area contributed by atoms with Gasteiger partial charge < -0.3 is 14.7 Å². The number of ether oxygens (including phenoxy) is 1. The first-order valence-corrected chi connectivity index (χ1v) is 7.80. The molecular weight excluding hydrogens is 282 g/mol. The molecule has 1 heterocycles. The molecule has 0 aromatic heterocycles. The number of nitrogens with zero attached hydrogens (tertiary/aromatic N) is 1. The first-order chi connectivity index (χ1) is 10.6. The van der Waals surface area contributed by atoms with Gasteiger partial charge in [-0.1, -0.05) is 30.3 Å². The van der Waals surface area contributed by atoms with Gasteiger partial charge in [-0.15, -0.1) is 0 Å². The van der Waals surface area contributed by atoms with Crippen LogP contribution in [0, 0.1) is 0 Å². The van der Waals surface area contributed by atoms with E-state index in [1.807, 2.05) is 18.2 Å². The lowest BCUT2D eigenvalue weighted by atomic mass is 10.1. The fraction of sp³-hybridized carbons (Fsp3) is 0.529. The van der Waals surface area contributed by atoms with Gasteiger partial charge in [-0.2, -0.15) is 0 Å². The molecule has 2 rings (SSSR count). The Kier molecular flexibility index (Phi) is 6.40. The minimum absolute atomic E-state index is 0.0794. The lowest BCUT2D eigenvalue weighted by molar-refractivity contribution is -0.140. The van der Waals surface area contributed by atoms with Crippen molar-refractivity contribution in [3.63, 3.8) is 0 Å². The van der Waals surface area contributed by atoms with Crippen molar-refractivity contribution in [2.45, 2.75) is 38.2 Å². The van der Waals surface area contributed by atoms with Crippen molar-refractivity contribution in [2.24, 2.45) is 0 Å². The largest absolute Gasteiger partial charge is 0.481 e. The van der Waals surface area contributed by atoms with Gasteiger partial charge in [0.2, 0.25) is 5.91 Å². The number of carboxylic acids is 1. The van der Waals surface area contributed by atoms with E-state index in [-0.39, 0.29) is 24.9 Å². The van der Waals surface area contributed by atoms with Crippen molar-refractivity contribution in [2.75, 3.05) is 19.7 Å². The van der Waals surface area contributed by atoms with E-state index in [9.17, 15) is 9.59 Å². The molecule has 0 bridgehead atoms. The van der Waals surface area contributed by atoms with E-state index in [0.29, 0.717) is 19.7 Å². The van der Waals surface area contributed by atoms with Crippen LogP contribution in [-0.4, -0.2) is 47.7 Å². The molecule has 0 radical (unpaired) electrons. The van der Waals surface area contributed by atoms with Gasteiger partial charge in [-0.25, -0.2) is 0 Å². The highest BCUT2D eigenvalue weighted by atomic mass is 16.5. The smallest absolute Gasteiger partial charge is 0.303 e. The van der Waals surface area contributed by atoms with Gasteiger partial charge in [0.1, 0.15) is 0 Å². The zero-order valence-electron chi connectivity index (χ0n) is 12.7. The van der Waals surface area contributed by atoms with Crippen LogP contribution in [0.4, 0.5) is 0 Å². The van der Waals surface area contributed by atoms with Gasteiger partial charge in [0.15, 0.2) is 0 Å². The van der Waals surface area contributed by atoms with Crippen LogP contribution >= 0.6 is 0 Å². The Morgan fingerprint density at radius 3 is 2.73 bits per heavy atom. The Morgan fingerprint density at radius 1 is 1.23 bits per heavy atom. The molecular formula is C17H23NO4. The number of hydrogen-bond donors (Lipinski definition) is 1. The number of carboxylic acid groups (broad SMARTS) is 1. The van der Waals surface area contributed by atoms with Crippen LogP contribution in [0.15, 0.2) is 30.3 Å². The summed E-state index contributed by atoms with van der Waals surface area (Å²) >= 11 is 0. The lowest BCUT2D eigenvalue weighted by Gasteiger charge is -2.16. The van der Waals surface area contributed by atoms with E-state index in [1.165, 1.54) is 5.56 Å². The number of hydrogen-bond acceptors (Lipinski definition) is 3. The molecule has 22 heavy (non-hydrogen) atoms. The molecule has 1 saturated heterocycles. The second kappa shape index (κ2) is 8.54. The maximum Gasteiger partial charge on any atom is 0.303 e.